The van der Waals surface area contributed by atoms with Crippen LogP contribution in [0.4, 0.5) is 11.6 Å². The Hall–Kier alpha value is -2.24. The summed E-state index contributed by atoms with van der Waals surface area (Å²) < 4.78 is 0. The maximum Gasteiger partial charge on any atom is 0.136 e. The summed E-state index contributed by atoms with van der Waals surface area (Å²) in [6.07, 6.45) is 1.66. The Morgan fingerprint density at radius 2 is 1.27 bits per heavy atom. The van der Waals surface area contributed by atoms with Crippen LogP contribution >= 0.6 is 0 Å². The second-order valence-electron chi connectivity index (χ2n) is 8.21. The fourth-order valence-corrected chi connectivity index (χ4v) is 3.23. The van der Waals surface area contributed by atoms with E-state index in [-0.39, 0.29) is 5.41 Å². The molecule has 0 saturated carbocycles. The van der Waals surface area contributed by atoms with E-state index in [1.807, 2.05) is 6.92 Å². The molecular formula is C20H30N6. The number of aromatic nitrogens is 4. The Kier molecular flexibility index (Phi) is 4.86. The van der Waals surface area contributed by atoms with Gasteiger partial charge in [0, 0.05) is 54.1 Å². The summed E-state index contributed by atoms with van der Waals surface area (Å²) in [5.74, 6) is 3.06. The maximum atomic E-state index is 4.93. The number of piperazine rings is 1. The molecule has 1 aliphatic heterocycles. The zero-order valence-electron chi connectivity index (χ0n) is 17.1. The lowest BCUT2D eigenvalue weighted by molar-refractivity contribution is 0.538. The smallest absolute Gasteiger partial charge is 0.136 e. The summed E-state index contributed by atoms with van der Waals surface area (Å²) in [4.78, 5) is 23.2. The molecule has 0 radical (unpaired) electrons. The topological polar surface area (TPSA) is 58.0 Å². The van der Waals surface area contributed by atoms with Crippen molar-refractivity contribution in [2.24, 2.45) is 0 Å². The van der Waals surface area contributed by atoms with E-state index in [0.29, 0.717) is 0 Å². The van der Waals surface area contributed by atoms with Gasteiger partial charge in [-0.2, -0.15) is 0 Å². The van der Waals surface area contributed by atoms with Crippen molar-refractivity contribution in [3.8, 4) is 0 Å². The molecule has 1 fully saturated rings. The monoisotopic (exact) mass is 354 g/mol. The number of anilines is 2. The van der Waals surface area contributed by atoms with Crippen molar-refractivity contribution in [3.05, 3.63) is 34.7 Å². The van der Waals surface area contributed by atoms with Crippen LogP contribution in [0.3, 0.4) is 0 Å². The zero-order valence-corrected chi connectivity index (χ0v) is 17.1. The second-order valence-corrected chi connectivity index (χ2v) is 8.21. The van der Waals surface area contributed by atoms with Gasteiger partial charge in [0.05, 0.1) is 0 Å². The van der Waals surface area contributed by atoms with Crippen LogP contribution in [0.25, 0.3) is 0 Å². The summed E-state index contributed by atoms with van der Waals surface area (Å²) >= 11 is 0. The minimum atomic E-state index is -0.0510. The van der Waals surface area contributed by atoms with Crippen molar-refractivity contribution in [1.29, 1.82) is 0 Å². The molecule has 0 aromatic carbocycles. The van der Waals surface area contributed by atoms with Crippen molar-refractivity contribution in [1.82, 2.24) is 19.9 Å². The van der Waals surface area contributed by atoms with Gasteiger partial charge in [-0.1, -0.05) is 20.8 Å². The highest BCUT2D eigenvalue weighted by atomic mass is 15.3. The Balaban J connectivity index is 1.82. The number of nitrogens with zero attached hydrogens (tertiary/aromatic N) is 6. The highest BCUT2D eigenvalue weighted by Crippen LogP contribution is 2.27. The zero-order chi connectivity index (χ0) is 19.1. The molecule has 0 atom stereocenters. The van der Waals surface area contributed by atoms with Crippen molar-refractivity contribution in [3.63, 3.8) is 0 Å². The van der Waals surface area contributed by atoms with Gasteiger partial charge in [0.15, 0.2) is 0 Å². The molecule has 6 nitrogen and oxygen atoms in total. The molecule has 0 amide bonds. The molecule has 0 N–H and O–H groups in total. The molecule has 2 aromatic heterocycles. The van der Waals surface area contributed by atoms with Gasteiger partial charge in [-0.15, -0.1) is 0 Å². The Morgan fingerprint density at radius 3 is 1.85 bits per heavy atom. The first-order valence-electron chi connectivity index (χ1n) is 9.32. The SMILES string of the molecule is Cc1ncnc(N2CCN(c3nc(C(C)(C)C)nc(C)c3C)CC2)c1C. The minimum Gasteiger partial charge on any atom is -0.353 e. The molecule has 3 heterocycles. The third-order valence-electron chi connectivity index (χ3n) is 5.22. The maximum absolute atomic E-state index is 4.93. The Labute approximate surface area is 156 Å². The third kappa shape index (κ3) is 3.50. The molecule has 0 aliphatic carbocycles. The first-order chi connectivity index (χ1) is 12.2. The van der Waals surface area contributed by atoms with E-state index in [1.54, 1.807) is 6.33 Å². The van der Waals surface area contributed by atoms with E-state index in [9.17, 15) is 0 Å². The van der Waals surface area contributed by atoms with Gasteiger partial charge < -0.3 is 9.80 Å². The highest BCUT2D eigenvalue weighted by molar-refractivity contribution is 5.53. The van der Waals surface area contributed by atoms with E-state index < -0.39 is 0 Å². The molecular weight excluding hydrogens is 324 g/mol. The predicted octanol–water partition coefficient (Wildman–Crippen LogP) is 3.12. The van der Waals surface area contributed by atoms with Crippen LogP contribution in [0.1, 0.15) is 49.1 Å². The first kappa shape index (κ1) is 18.5. The Morgan fingerprint density at radius 1 is 0.731 bits per heavy atom. The molecule has 140 valence electrons. The summed E-state index contributed by atoms with van der Waals surface area (Å²) in [7, 11) is 0. The number of rotatable bonds is 2. The van der Waals surface area contributed by atoms with Crippen LogP contribution < -0.4 is 9.80 Å². The van der Waals surface area contributed by atoms with E-state index in [2.05, 4.69) is 61.3 Å². The molecule has 6 heteroatoms. The second kappa shape index (κ2) is 6.82. The number of aryl methyl sites for hydroxylation is 2. The lowest BCUT2D eigenvalue weighted by atomic mass is 9.95. The summed E-state index contributed by atoms with van der Waals surface area (Å²) in [5.41, 5.74) is 4.43. The van der Waals surface area contributed by atoms with Crippen molar-refractivity contribution >= 4 is 11.6 Å². The molecule has 1 saturated heterocycles. The lowest BCUT2D eigenvalue weighted by Gasteiger charge is -2.37. The summed E-state index contributed by atoms with van der Waals surface area (Å²) in [6.45, 7) is 18.6. The van der Waals surface area contributed by atoms with Crippen LogP contribution in [-0.2, 0) is 5.41 Å². The molecule has 3 rings (SSSR count). The van der Waals surface area contributed by atoms with Crippen LogP contribution in [-0.4, -0.2) is 46.1 Å². The molecule has 26 heavy (non-hydrogen) atoms. The fraction of sp³-hybridized carbons (Fsp3) is 0.600. The largest absolute Gasteiger partial charge is 0.353 e. The Bertz CT molecular complexity index is 801. The van der Waals surface area contributed by atoms with E-state index in [0.717, 1.165) is 55.0 Å². The first-order valence-corrected chi connectivity index (χ1v) is 9.32. The fourth-order valence-electron chi connectivity index (χ4n) is 3.23. The molecule has 1 aliphatic rings. The van der Waals surface area contributed by atoms with Gasteiger partial charge in [0.2, 0.25) is 0 Å². The van der Waals surface area contributed by atoms with Crippen LogP contribution in [0.2, 0.25) is 0 Å². The van der Waals surface area contributed by atoms with E-state index in [1.165, 1.54) is 11.1 Å². The average molecular weight is 355 g/mol. The third-order valence-corrected chi connectivity index (χ3v) is 5.22. The summed E-state index contributed by atoms with van der Waals surface area (Å²) in [5, 5.41) is 0. The van der Waals surface area contributed by atoms with Crippen LogP contribution in [0, 0.1) is 27.7 Å². The average Bonchev–Trinajstić information content (AvgIpc) is 2.59. The molecule has 2 aromatic rings. The van der Waals surface area contributed by atoms with Gasteiger partial charge >= 0.3 is 0 Å². The normalized spacial score (nSPS) is 15.5. The summed E-state index contributed by atoms with van der Waals surface area (Å²) in [6, 6.07) is 0. The van der Waals surface area contributed by atoms with Crippen LogP contribution in [0.15, 0.2) is 6.33 Å². The van der Waals surface area contributed by atoms with E-state index >= 15 is 0 Å². The van der Waals surface area contributed by atoms with Crippen LogP contribution in [0.5, 0.6) is 0 Å². The van der Waals surface area contributed by atoms with E-state index in [4.69, 9.17) is 9.97 Å². The van der Waals surface area contributed by atoms with Gasteiger partial charge in [-0.05, 0) is 27.7 Å². The standard InChI is InChI=1S/C20H30N6/c1-13-15(3)21-12-22-17(13)25-8-10-26(11-9-25)18-14(2)16(4)23-19(24-18)20(5,6)7/h12H,8-11H2,1-7H3. The quantitative estimate of drug-likeness (QED) is 0.826. The van der Waals surface area contributed by atoms with Gasteiger partial charge in [0.1, 0.15) is 23.8 Å². The lowest BCUT2D eigenvalue weighted by Crippen LogP contribution is -2.48. The van der Waals surface area contributed by atoms with Crippen molar-refractivity contribution < 1.29 is 0 Å². The van der Waals surface area contributed by atoms with Gasteiger partial charge in [-0.25, -0.2) is 19.9 Å². The minimum absolute atomic E-state index is 0.0510. The number of hydrogen-bond donors (Lipinski definition) is 0. The van der Waals surface area contributed by atoms with Crippen molar-refractivity contribution in [2.75, 3.05) is 36.0 Å². The molecule has 0 spiro atoms. The van der Waals surface area contributed by atoms with Crippen molar-refractivity contribution in [2.45, 2.75) is 53.9 Å². The highest BCUT2D eigenvalue weighted by Gasteiger charge is 2.25. The van der Waals surface area contributed by atoms with Gasteiger partial charge in [0.25, 0.3) is 0 Å². The molecule has 0 bridgehead atoms. The number of hydrogen-bond acceptors (Lipinski definition) is 6. The molecule has 0 unspecified atom stereocenters. The predicted molar refractivity (Wildman–Crippen MR) is 106 cm³/mol. The van der Waals surface area contributed by atoms with Gasteiger partial charge in [-0.3, -0.25) is 0 Å².